The lowest BCUT2D eigenvalue weighted by Gasteiger charge is -2.16. The van der Waals surface area contributed by atoms with E-state index in [0.29, 0.717) is 6.54 Å². The van der Waals surface area contributed by atoms with Crippen molar-refractivity contribution in [1.82, 2.24) is 4.57 Å². The molecule has 2 N–H and O–H groups in total. The van der Waals surface area contributed by atoms with E-state index in [9.17, 15) is 4.79 Å². The van der Waals surface area contributed by atoms with Crippen LogP contribution in [-0.2, 0) is 6.54 Å². The molecule has 0 aliphatic heterocycles. The summed E-state index contributed by atoms with van der Waals surface area (Å²) in [6.07, 6.45) is 1.77. The van der Waals surface area contributed by atoms with Gasteiger partial charge in [0.25, 0.3) is 5.56 Å². The van der Waals surface area contributed by atoms with Gasteiger partial charge >= 0.3 is 0 Å². The molecular weight excluding hydrogens is 248 g/mol. The summed E-state index contributed by atoms with van der Waals surface area (Å²) in [7, 11) is 0. The highest BCUT2D eigenvalue weighted by Crippen LogP contribution is 2.23. The van der Waals surface area contributed by atoms with E-state index >= 15 is 0 Å². The van der Waals surface area contributed by atoms with Gasteiger partial charge in [-0.05, 0) is 22.4 Å². The van der Waals surface area contributed by atoms with Crippen molar-refractivity contribution in [3.8, 4) is 0 Å². The maximum atomic E-state index is 11.8. The van der Waals surface area contributed by atoms with Crippen molar-refractivity contribution in [2.45, 2.75) is 12.6 Å². The fourth-order valence-electron chi connectivity index (χ4n) is 2.50. The third kappa shape index (κ3) is 2.36. The normalized spacial score (nSPS) is 12.4. The van der Waals surface area contributed by atoms with Crippen LogP contribution in [0.1, 0.15) is 11.6 Å². The molecule has 1 heterocycles. The first-order valence-electron chi connectivity index (χ1n) is 6.64. The van der Waals surface area contributed by atoms with Crippen molar-refractivity contribution in [1.29, 1.82) is 0 Å². The summed E-state index contributed by atoms with van der Waals surface area (Å²) in [5, 5.41) is 2.31. The minimum absolute atomic E-state index is 0.0248. The Kier molecular flexibility index (Phi) is 3.35. The van der Waals surface area contributed by atoms with Gasteiger partial charge in [-0.2, -0.15) is 0 Å². The zero-order chi connectivity index (χ0) is 13.9. The molecule has 3 heteroatoms. The van der Waals surface area contributed by atoms with Gasteiger partial charge in [0.2, 0.25) is 0 Å². The number of nitrogens with zero attached hydrogens (tertiary/aromatic N) is 1. The van der Waals surface area contributed by atoms with E-state index in [1.807, 2.05) is 30.3 Å². The van der Waals surface area contributed by atoms with Crippen LogP contribution in [0.4, 0.5) is 0 Å². The van der Waals surface area contributed by atoms with E-state index in [-0.39, 0.29) is 11.6 Å². The minimum Gasteiger partial charge on any atom is -0.322 e. The Balaban J connectivity index is 1.99. The predicted octanol–water partition coefficient (Wildman–Crippen LogP) is 2.70. The summed E-state index contributed by atoms with van der Waals surface area (Å²) in [4.78, 5) is 11.8. The van der Waals surface area contributed by atoms with Crippen LogP contribution in [0, 0.1) is 0 Å². The van der Waals surface area contributed by atoms with Crippen molar-refractivity contribution in [3.63, 3.8) is 0 Å². The lowest BCUT2D eigenvalue weighted by molar-refractivity contribution is 0.564. The summed E-state index contributed by atoms with van der Waals surface area (Å²) in [6.45, 7) is 0.480. The molecule has 1 unspecified atom stereocenters. The van der Waals surface area contributed by atoms with Crippen molar-refractivity contribution >= 4 is 10.8 Å². The molecule has 0 saturated carbocycles. The minimum atomic E-state index is -0.207. The quantitative estimate of drug-likeness (QED) is 0.790. The van der Waals surface area contributed by atoms with Crippen LogP contribution < -0.4 is 11.3 Å². The monoisotopic (exact) mass is 264 g/mol. The second kappa shape index (κ2) is 5.31. The van der Waals surface area contributed by atoms with Gasteiger partial charge in [0, 0.05) is 24.8 Å². The first-order chi connectivity index (χ1) is 9.75. The molecule has 0 aliphatic rings. The molecule has 0 radical (unpaired) electrons. The van der Waals surface area contributed by atoms with Crippen LogP contribution >= 0.6 is 0 Å². The van der Waals surface area contributed by atoms with Crippen molar-refractivity contribution < 1.29 is 0 Å². The van der Waals surface area contributed by atoms with Crippen LogP contribution in [0.5, 0.6) is 0 Å². The number of hydrogen-bond acceptors (Lipinski definition) is 2. The van der Waals surface area contributed by atoms with Gasteiger partial charge in [-0.15, -0.1) is 0 Å². The number of rotatable bonds is 3. The molecule has 3 rings (SSSR count). The topological polar surface area (TPSA) is 48.0 Å². The number of hydrogen-bond donors (Lipinski definition) is 1. The Bertz CT molecular complexity index is 787. The molecule has 2 aromatic carbocycles. The highest BCUT2D eigenvalue weighted by molar-refractivity contribution is 5.86. The number of fused-ring (bicyclic) bond motifs is 1. The lowest BCUT2D eigenvalue weighted by atomic mass is 9.99. The van der Waals surface area contributed by atoms with E-state index in [1.54, 1.807) is 22.9 Å². The lowest BCUT2D eigenvalue weighted by Crippen LogP contribution is -2.25. The molecule has 0 spiro atoms. The Morgan fingerprint density at radius 3 is 2.55 bits per heavy atom. The zero-order valence-corrected chi connectivity index (χ0v) is 11.1. The molecule has 0 fully saturated rings. The Hall–Kier alpha value is -2.39. The summed E-state index contributed by atoms with van der Waals surface area (Å²) in [5.74, 6) is 0. The Morgan fingerprint density at radius 1 is 0.950 bits per heavy atom. The molecule has 0 aliphatic carbocycles. The van der Waals surface area contributed by atoms with E-state index < -0.39 is 0 Å². The molecule has 1 atom stereocenters. The molecule has 100 valence electrons. The Labute approximate surface area is 117 Å². The number of pyridine rings is 1. The molecule has 1 aromatic heterocycles. The van der Waals surface area contributed by atoms with Crippen molar-refractivity contribution in [2.75, 3.05) is 0 Å². The molecule has 0 saturated heterocycles. The molecule has 3 nitrogen and oxygen atoms in total. The standard InChI is InChI=1S/C17H16N2O/c18-16(12-19-11-4-3-10-17(19)20)15-9-5-7-13-6-1-2-8-14(13)15/h1-11,16H,12,18H2. The molecular formula is C17H16N2O. The van der Waals surface area contributed by atoms with Gasteiger partial charge < -0.3 is 10.3 Å². The third-order valence-electron chi connectivity index (χ3n) is 3.52. The van der Waals surface area contributed by atoms with Gasteiger partial charge in [0.05, 0.1) is 0 Å². The number of aromatic nitrogens is 1. The average molecular weight is 264 g/mol. The summed E-state index contributed by atoms with van der Waals surface area (Å²) in [5.41, 5.74) is 7.35. The first kappa shape index (κ1) is 12.6. The van der Waals surface area contributed by atoms with Crippen LogP contribution in [0.15, 0.2) is 71.7 Å². The molecule has 0 bridgehead atoms. The van der Waals surface area contributed by atoms with E-state index in [2.05, 4.69) is 18.2 Å². The van der Waals surface area contributed by atoms with Crippen molar-refractivity contribution in [3.05, 3.63) is 82.8 Å². The first-order valence-corrected chi connectivity index (χ1v) is 6.64. The maximum Gasteiger partial charge on any atom is 0.250 e. The van der Waals surface area contributed by atoms with Gasteiger partial charge in [-0.1, -0.05) is 48.5 Å². The SMILES string of the molecule is NC(Cn1ccccc1=O)c1cccc2ccccc12. The number of nitrogens with two attached hydrogens (primary N) is 1. The van der Waals surface area contributed by atoms with Gasteiger partial charge in [-0.25, -0.2) is 0 Å². The Morgan fingerprint density at radius 2 is 1.70 bits per heavy atom. The predicted molar refractivity (Wildman–Crippen MR) is 81.6 cm³/mol. The largest absolute Gasteiger partial charge is 0.322 e. The third-order valence-corrected chi connectivity index (χ3v) is 3.52. The summed E-state index contributed by atoms with van der Waals surface area (Å²) >= 11 is 0. The van der Waals surface area contributed by atoms with E-state index in [4.69, 9.17) is 5.73 Å². The second-order valence-electron chi connectivity index (χ2n) is 4.87. The van der Waals surface area contributed by atoms with Crippen LogP contribution in [-0.4, -0.2) is 4.57 Å². The molecule has 20 heavy (non-hydrogen) atoms. The second-order valence-corrected chi connectivity index (χ2v) is 4.87. The smallest absolute Gasteiger partial charge is 0.250 e. The zero-order valence-electron chi connectivity index (χ0n) is 11.1. The molecule has 0 amide bonds. The van der Waals surface area contributed by atoms with Crippen molar-refractivity contribution in [2.24, 2.45) is 5.73 Å². The van der Waals surface area contributed by atoms with E-state index in [1.165, 1.54) is 5.39 Å². The maximum absolute atomic E-state index is 11.8. The van der Waals surface area contributed by atoms with Gasteiger partial charge in [0.15, 0.2) is 0 Å². The highest BCUT2D eigenvalue weighted by atomic mass is 16.1. The summed E-state index contributed by atoms with van der Waals surface area (Å²) < 4.78 is 1.65. The average Bonchev–Trinajstić information content (AvgIpc) is 2.49. The highest BCUT2D eigenvalue weighted by Gasteiger charge is 2.10. The van der Waals surface area contributed by atoms with Gasteiger partial charge in [0.1, 0.15) is 0 Å². The number of benzene rings is 2. The summed E-state index contributed by atoms with van der Waals surface area (Å²) in [6, 6.07) is 19.2. The van der Waals surface area contributed by atoms with Crippen LogP contribution in [0.25, 0.3) is 10.8 Å². The van der Waals surface area contributed by atoms with Gasteiger partial charge in [-0.3, -0.25) is 4.79 Å². The van der Waals surface area contributed by atoms with E-state index in [0.717, 1.165) is 10.9 Å². The molecule has 3 aromatic rings. The van der Waals surface area contributed by atoms with Crippen LogP contribution in [0.3, 0.4) is 0 Å². The fraction of sp³-hybridized carbons (Fsp3) is 0.118. The fourth-order valence-corrected chi connectivity index (χ4v) is 2.50. The van der Waals surface area contributed by atoms with Crippen LogP contribution in [0.2, 0.25) is 0 Å².